The Kier molecular flexibility index (Phi) is 5.22. The van der Waals surface area contributed by atoms with Crippen LogP contribution >= 0.6 is 0 Å². The first-order chi connectivity index (χ1) is 7.65. The highest BCUT2D eigenvalue weighted by Crippen LogP contribution is 2.20. The van der Waals surface area contributed by atoms with Crippen LogP contribution in [0.15, 0.2) is 18.2 Å². The average molecular weight is 227 g/mol. The molecule has 1 aromatic carbocycles. The van der Waals surface area contributed by atoms with E-state index in [2.05, 4.69) is 0 Å². The van der Waals surface area contributed by atoms with Gasteiger partial charge in [0.25, 0.3) is 0 Å². The quantitative estimate of drug-likeness (QED) is 0.758. The lowest BCUT2D eigenvalue weighted by molar-refractivity contribution is 0.172. The first-order valence-electron chi connectivity index (χ1n) is 5.32. The van der Waals surface area contributed by atoms with Crippen molar-refractivity contribution in [2.75, 3.05) is 20.3 Å². The lowest BCUT2D eigenvalue weighted by atomic mass is 10.1. The zero-order valence-corrected chi connectivity index (χ0v) is 9.70. The van der Waals surface area contributed by atoms with Crippen LogP contribution in [0.2, 0.25) is 0 Å². The van der Waals surface area contributed by atoms with Crippen molar-refractivity contribution >= 4 is 0 Å². The Morgan fingerprint density at radius 3 is 2.69 bits per heavy atom. The highest BCUT2D eigenvalue weighted by Gasteiger charge is 2.07. The van der Waals surface area contributed by atoms with E-state index in [1.165, 1.54) is 6.07 Å². The highest BCUT2D eigenvalue weighted by molar-refractivity contribution is 5.30. The van der Waals surface area contributed by atoms with Gasteiger partial charge in [0.2, 0.25) is 0 Å². The van der Waals surface area contributed by atoms with Gasteiger partial charge < -0.3 is 15.2 Å². The monoisotopic (exact) mass is 227 g/mol. The average Bonchev–Trinajstić information content (AvgIpc) is 2.24. The molecule has 0 fully saturated rings. The molecule has 0 saturated heterocycles. The van der Waals surface area contributed by atoms with Crippen molar-refractivity contribution in [1.82, 2.24) is 0 Å². The van der Waals surface area contributed by atoms with Crippen molar-refractivity contribution in [3.63, 3.8) is 0 Å². The van der Waals surface area contributed by atoms with Crippen LogP contribution in [0.25, 0.3) is 0 Å². The number of ether oxygens (including phenoxy) is 2. The summed E-state index contributed by atoms with van der Waals surface area (Å²) >= 11 is 0. The maximum absolute atomic E-state index is 13.5. The molecule has 0 spiro atoms. The molecule has 0 bridgehead atoms. The molecule has 0 amide bonds. The van der Waals surface area contributed by atoms with E-state index in [1.807, 2.05) is 0 Å². The second kappa shape index (κ2) is 6.45. The van der Waals surface area contributed by atoms with Crippen LogP contribution in [-0.2, 0) is 4.74 Å². The van der Waals surface area contributed by atoms with Crippen LogP contribution < -0.4 is 10.5 Å². The summed E-state index contributed by atoms with van der Waals surface area (Å²) in [4.78, 5) is 0. The van der Waals surface area contributed by atoms with Crippen LogP contribution in [0.1, 0.15) is 24.9 Å². The van der Waals surface area contributed by atoms with E-state index in [0.29, 0.717) is 24.5 Å². The minimum atomic E-state index is -0.320. The normalized spacial score (nSPS) is 12.5. The van der Waals surface area contributed by atoms with Crippen molar-refractivity contribution in [2.45, 2.75) is 19.4 Å². The van der Waals surface area contributed by atoms with Crippen molar-refractivity contribution < 1.29 is 13.9 Å². The fourth-order valence-corrected chi connectivity index (χ4v) is 1.36. The molecule has 90 valence electrons. The summed E-state index contributed by atoms with van der Waals surface area (Å²) in [5, 5.41) is 0. The molecule has 1 aromatic rings. The third-order valence-electron chi connectivity index (χ3n) is 2.22. The van der Waals surface area contributed by atoms with Gasteiger partial charge in [0, 0.05) is 37.8 Å². The number of nitrogens with two attached hydrogens (primary N) is 1. The summed E-state index contributed by atoms with van der Waals surface area (Å²) in [5.41, 5.74) is 6.11. The second-order valence-corrected chi connectivity index (χ2v) is 3.67. The molecule has 0 aromatic heterocycles. The molecule has 0 saturated carbocycles. The Hall–Kier alpha value is -1.13. The number of hydrogen-bond donors (Lipinski definition) is 1. The van der Waals surface area contributed by atoms with Gasteiger partial charge in [-0.25, -0.2) is 4.39 Å². The van der Waals surface area contributed by atoms with Crippen molar-refractivity contribution in [1.29, 1.82) is 0 Å². The zero-order chi connectivity index (χ0) is 12.0. The summed E-state index contributed by atoms with van der Waals surface area (Å²) in [5.74, 6) is 0.206. The van der Waals surface area contributed by atoms with E-state index < -0.39 is 0 Å². The largest absolute Gasteiger partial charge is 0.493 e. The summed E-state index contributed by atoms with van der Waals surface area (Å²) in [6, 6.07) is 4.45. The van der Waals surface area contributed by atoms with Gasteiger partial charge in [-0.3, -0.25) is 0 Å². The van der Waals surface area contributed by atoms with Crippen LogP contribution in [0.3, 0.4) is 0 Å². The molecular weight excluding hydrogens is 209 g/mol. The predicted molar refractivity (Wildman–Crippen MR) is 61.0 cm³/mol. The number of methoxy groups -OCH3 is 1. The molecule has 2 N–H and O–H groups in total. The van der Waals surface area contributed by atoms with Gasteiger partial charge in [0.1, 0.15) is 11.6 Å². The second-order valence-electron chi connectivity index (χ2n) is 3.67. The standard InChI is InChI=1S/C12H18FNO2/c1-9(14)11-5-4-10(8-12(11)13)16-7-3-6-15-2/h4-5,8-9H,3,6-7,14H2,1-2H3/t9-/m1/s1. The summed E-state index contributed by atoms with van der Waals surface area (Å²) in [7, 11) is 1.64. The molecule has 1 rings (SSSR count). The van der Waals surface area contributed by atoms with Crippen LogP contribution in [0, 0.1) is 5.82 Å². The Balaban J connectivity index is 2.53. The Morgan fingerprint density at radius 1 is 1.38 bits per heavy atom. The van der Waals surface area contributed by atoms with E-state index in [-0.39, 0.29) is 11.9 Å². The molecule has 3 nitrogen and oxygen atoms in total. The van der Waals surface area contributed by atoms with Crippen LogP contribution in [0.5, 0.6) is 5.75 Å². The molecule has 0 heterocycles. The molecule has 0 aliphatic heterocycles. The van der Waals surface area contributed by atoms with Crippen molar-refractivity contribution in [2.24, 2.45) is 5.73 Å². The zero-order valence-electron chi connectivity index (χ0n) is 9.70. The lowest BCUT2D eigenvalue weighted by Crippen LogP contribution is -2.08. The molecule has 16 heavy (non-hydrogen) atoms. The fraction of sp³-hybridized carbons (Fsp3) is 0.500. The molecule has 0 unspecified atom stereocenters. The smallest absolute Gasteiger partial charge is 0.131 e. The maximum atomic E-state index is 13.5. The maximum Gasteiger partial charge on any atom is 0.131 e. The highest BCUT2D eigenvalue weighted by atomic mass is 19.1. The van der Waals surface area contributed by atoms with E-state index in [0.717, 1.165) is 6.42 Å². The van der Waals surface area contributed by atoms with Crippen LogP contribution in [0.4, 0.5) is 4.39 Å². The number of rotatable bonds is 6. The van der Waals surface area contributed by atoms with Gasteiger partial charge in [-0.2, -0.15) is 0 Å². The van der Waals surface area contributed by atoms with E-state index in [4.69, 9.17) is 15.2 Å². The van der Waals surface area contributed by atoms with Gasteiger partial charge in [-0.05, 0) is 13.0 Å². The van der Waals surface area contributed by atoms with E-state index >= 15 is 0 Å². The third kappa shape index (κ3) is 3.79. The van der Waals surface area contributed by atoms with Gasteiger partial charge in [0.15, 0.2) is 0 Å². The molecule has 0 aliphatic carbocycles. The third-order valence-corrected chi connectivity index (χ3v) is 2.22. The topological polar surface area (TPSA) is 44.5 Å². The number of hydrogen-bond acceptors (Lipinski definition) is 3. The van der Waals surface area contributed by atoms with Crippen LogP contribution in [-0.4, -0.2) is 20.3 Å². The van der Waals surface area contributed by atoms with E-state index in [9.17, 15) is 4.39 Å². The van der Waals surface area contributed by atoms with Gasteiger partial charge >= 0.3 is 0 Å². The molecule has 1 atom stereocenters. The predicted octanol–water partition coefficient (Wildman–Crippen LogP) is 2.26. The minimum Gasteiger partial charge on any atom is -0.493 e. The first-order valence-corrected chi connectivity index (χ1v) is 5.32. The number of benzene rings is 1. The molecule has 0 radical (unpaired) electrons. The fourth-order valence-electron chi connectivity index (χ4n) is 1.36. The Morgan fingerprint density at radius 2 is 2.12 bits per heavy atom. The SMILES string of the molecule is COCCCOc1ccc([C@@H](C)N)c(F)c1. The Labute approximate surface area is 95.4 Å². The lowest BCUT2D eigenvalue weighted by Gasteiger charge is -2.10. The van der Waals surface area contributed by atoms with Gasteiger partial charge in [-0.15, -0.1) is 0 Å². The summed E-state index contributed by atoms with van der Waals surface area (Å²) in [6.07, 6.45) is 0.785. The Bertz CT molecular complexity index is 329. The molecular formula is C12H18FNO2. The molecule has 0 aliphatic rings. The van der Waals surface area contributed by atoms with Gasteiger partial charge in [-0.1, -0.05) is 6.07 Å². The first kappa shape index (κ1) is 12.9. The number of halogens is 1. The summed E-state index contributed by atoms with van der Waals surface area (Å²) < 4.78 is 23.7. The minimum absolute atomic E-state index is 0.303. The van der Waals surface area contributed by atoms with Gasteiger partial charge in [0.05, 0.1) is 6.61 Å². The molecule has 4 heteroatoms. The van der Waals surface area contributed by atoms with Crippen molar-refractivity contribution in [3.05, 3.63) is 29.6 Å². The summed E-state index contributed by atoms with van der Waals surface area (Å²) in [6.45, 7) is 2.91. The van der Waals surface area contributed by atoms with Crippen molar-refractivity contribution in [3.8, 4) is 5.75 Å². The van der Waals surface area contributed by atoms with E-state index in [1.54, 1.807) is 26.2 Å².